The molecule has 24 heavy (non-hydrogen) atoms. The van der Waals surface area contributed by atoms with Crippen LogP contribution in [0.3, 0.4) is 0 Å². The van der Waals surface area contributed by atoms with E-state index in [0.717, 1.165) is 48.2 Å². The molecule has 0 spiro atoms. The molecule has 0 unspecified atom stereocenters. The van der Waals surface area contributed by atoms with E-state index in [1.54, 1.807) is 0 Å². The molecular formula is C21H19N3. The molecule has 118 valence electrons. The number of fused-ring (bicyclic) bond motifs is 1. The van der Waals surface area contributed by atoms with Crippen molar-refractivity contribution in [2.24, 2.45) is 0 Å². The number of para-hydroxylation sites is 1. The van der Waals surface area contributed by atoms with Crippen molar-refractivity contribution in [1.29, 1.82) is 5.26 Å². The van der Waals surface area contributed by atoms with Gasteiger partial charge >= 0.3 is 0 Å². The normalized spacial score (nSPS) is 16.7. The van der Waals surface area contributed by atoms with E-state index in [4.69, 9.17) is 4.98 Å². The summed E-state index contributed by atoms with van der Waals surface area (Å²) in [6.45, 7) is 1.71. The van der Waals surface area contributed by atoms with Gasteiger partial charge in [0, 0.05) is 18.5 Å². The van der Waals surface area contributed by atoms with Gasteiger partial charge < -0.3 is 4.90 Å². The third-order valence-corrected chi connectivity index (χ3v) is 5.07. The number of nitriles is 1. The molecule has 0 radical (unpaired) electrons. The van der Waals surface area contributed by atoms with Crippen LogP contribution >= 0.6 is 0 Å². The van der Waals surface area contributed by atoms with Gasteiger partial charge in [0.15, 0.2) is 0 Å². The number of hydrogen-bond donors (Lipinski definition) is 0. The van der Waals surface area contributed by atoms with Gasteiger partial charge in [-0.15, -0.1) is 0 Å². The Hall–Kier alpha value is -2.86. The van der Waals surface area contributed by atoms with Crippen LogP contribution in [0, 0.1) is 11.3 Å². The monoisotopic (exact) mass is 313 g/mol. The topological polar surface area (TPSA) is 39.9 Å². The second kappa shape index (κ2) is 5.98. The molecule has 4 rings (SSSR count). The molecule has 1 aliphatic rings. The predicted octanol–water partition coefficient (Wildman–Crippen LogP) is 4.30. The molecule has 2 heterocycles. The van der Waals surface area contributed by atoms with Crippen molar-refractivity contribution in [3.63, 3.8) is 0 Å². The molecule has 3 heteroatoms. The maximum Gasteiger partial charge on any atom is 0.129 e. The van der Waals surface area contributed by atoms with E-state index in [-0.39, 0.29) is 5.41 Å². The van der Waals surface area contributed by atoms with Crippen LogP contribution in [0.4, 0.5) is 5.82 Å². The molecule has 0 atom stereocenters. The zero-order chi connectivity index (χ0) is 16.4. The van der Waals surface area contributed by atoms with E-state index in [1.165, 1.54) is 0 Å². The second-order valence-electron chi connectivity index (χ2n) is 6.41. The first-order valence-electron chi connectivity index (χ1n) is 8.38. The van der Waals surface area contributed by atoms with Crippen molar-refractivity contribution in [3.05, 3.63) is 72.3 Å². The maximum absolute atomic E-state index is 9.81. The van der Waals surface area contributed by atoms with Gasteiger partial charge in [0.1, 0.15) is 5.82 Å². The molecule has 0 N–H and O–H groups in total. The fraction of sp³-hybridized carbons (Fsp3) is 0.238. The van der Waals surface area contributed by atoms with Crippen LogP contribution in [0.25, 0.3) is 10.9 Å². The Bertz CT molecular complexity index is 888. The van der Waals surface area contributed by atoms with Crippen LogP contribution in [-0.2, 0) is 5.41 Å². The standard InChI is InChI=1S/C21H19N3/c22-16-21(18-7-2-1-3-8-18)12-14-24(15-13-21)20-11-10-17-6-4-5-9-19(17)23-20/h1-11H,12-15H2. The fourth-order valence-corrected chi connectivity index (χ4v) is 3.57. The first kappa shape index (κ1) is 14.7. The van der Waals surface area contributed by atoms with Crippen LogP contribution in [0.2, 0.25) is 0 Å². The molecule has 2 aromatic carbocycles. The summed E-state index contributed by atoms with van der Waals surface area (Å²) in [4.78, 5) is 7.08. The van der Waals surface area contributed by atoms with Gasteiger partial charge in [-0.25, -0.2) is 4.98 Å². The largest absolute Gasteiger partial charge is 0.356 e. The molecule has 3 aromatic rings. The zero-order valence-electron chi connectivity index (χ0n) is 13.5. The summed E-state index contributed by atoms with van der Waals surface area (Å²) in [6.07, 6.45) is 1.67. The molecule has 3 nitrogen and oxygen atoms in total. The lowest BCUT2D eigenvalue weighted by Gasteiger charge is -2.38. The summed E-state index contributed by atoms with van der Waals surface area (Å²) in [7, 11) is 0. The van der Waals surface area contributed by atoms with Crippen LogP contribution in [0.15, 0.2) is 66.7 Å². The van der Waals surface area contributed by atoms with Gasteiger partial charge in [-0.1, -0.05) is 48.5 Å². The fourth-order valence-electron chi connectivity index (χ4n) is 3.57. The highest BCUT2D eigenvalue weighted by molar-refractivity contribution is 5.80. The van der Waals surface area contributed by atoms with Crippen LogP contribution < -0.4 is 4.90 Å². The van der Waals surface area contributed by atoms with Gasteiger partial charge in [0.2, 0.25) is 0 Å². The Morgan fingerprint density at radius 2 is 1.58 bits per heavy atom. The average Bonchev–Trinajstić information content (AvgIpc) is 2.68. The number of rotatable bonds is 2. The molecule has 0 amide bonds. The maximum atomic E-state index is 9.81. The summed E-state index contributed by atoms with van der Waals surface area (Å²) < 4.78 is 0. The SMILES string of the molecule is N#CC1(c2ccccc2)CCN(c2ccc3ccccc3n2)CC1. The molecule has 1 fully saturated rings. The van der Waals surface area contributed by atoms with Crippen LogP contribution in [0.1, 0.15) is 18.4 Å². The van der Waals surface area contributed by atoms with E-state index in [9.17, 15) is 5.26 Å². The van der Waals surface area contributed by atoms with E-state index < -0.39 is 0 Å². The van der Waals surface area contributed by atoms with Gasteiger partial charge in [-0.05, 0) is 36.6 Å². The second-order valence-corrected chi connectivity index (χ2v) is 6.41. The van der Waals surface area contributed by atoms with Crippen LogP contribution in [-0.4, -0.2) is 18.1 Å². The smallest absolute Gasteiger partial charge is 0.129 e. The lowest BCUT2D eigenvalue weighted by molar-refractivity contribution is 0.414. The Morgan fingerprint density at radius 3 is 2.33 bits per heavy atom. The number of hydrogen-bond acceptors (Lipinski definition) is 3. The number of benzene rings is 2. The Labute approximate surface area is 142 Å². The van der Waals surface area contributed by atoms with Gasteiger partial charge in [-0.3, -0.25) is 0 Å². The van der Waals surface area contributed by atoms with Gasteiger partial charge in [0.25, 0.3) is 0 Å². The highest BCUT2D eigenvalue weighted by Crippen LogP contribution is 2.36. The van der Waals surface area contributed by atoms with Crippen LogP contribution in [0.5, 0.6) is 0 Å². The summed E-state index contributed by atoms with van der Waals surface area (Å²) in [5.41, 5.74) is 1.79. The van der Waals surface area contributed by atoms with Gasteiger partial charge in [0.05, 0.1) is 17.0 Å². The average molecular weight is 313 g/mol. The van der Waals surface area contributed by atoms with Crippen molar-refractivity contribution >= 4 is 16.7 Å². The summed E-state index contributed by atoms with van der Waals surface area (Å²) in [6, 6.07) is 25.2. The molecule has 1 saturated heterocycles. The van der Waals surface area contributed by atoms with Crippen molar-refractivity contribution in [2.45, 2.75) is 18.3 Å². The van der Waals surface area contributed by atoms with E-state index in [0.29, 0.717) is 0 Å². The highest BCUT2D eigenvalue weighted by atomic mass is 15.2. The van der Waals surface area contributed by atoms with Crippen molar-refractivity contribution < 1.29 is 0 Å². The molecule has 0 aliphatic carbocycles. The minimum atomic E-state index is -0.366. The minimum absolute atomic E-state index is 0.366. The lowest BCUT2D eigenvalue weighted by Crippen LogP contribution is -2.42. The molecular weight excluding hydrogens is 294 g/mol. The number of pyridine rings is 1. The number of anilines is 1. The Morgan fingerprint density at radius 1 is 0.875 bits per heavy atom. The minimum Gasteiger partial charge on any atom is -0.356 e. The first-order valence-corrected chi connectivity index (χ1v) is 8.38. The van der Waals surface area contributed by atoms with Crippen molar-refractivity contribution in [1.82, 2.24) is 4.98 Å². The van der Waals surface area contributed by atoms with E-state index in [2.05, 4.69) is 41.3 Å². The molecule has 1 aliphatic heterocycles. The van der Waals surface area contributed by atoms with Crippen molar-refractivity contribution in [3.8, 4) is 6.07 Å². The molecule has 0 bridgehead atoms. The lowest BCUT2D eigenvalue weighted by atomic mass is 9.74. The summed E-state index contributed by atoms with van der Waals surface area (Å²) in [5, 5.41) is 11.0. The van der Waals surface area contributed by atoms with E-state index >= 15 is 0 Å². The third kappa shape index (κ3) is 2.51. The Balaban J connectivity index is 1.58. The summed E-state index contributed by atoms with van der Waals surface area (Å²) in [5.74, 6) is 1.01. The van der Waals surface area contributed by atoms with Gasteiger partial charge in [-0.2, -0.15) is 5.26 Å². The summed E-state index contributed by atoms with van der Waals surface area (Å²) >= 11 is 0. The predicted molar refractivity (Wildman–Crippen MR) is 96.9 cm³/mol. The quantitative estimate of drug-likeness (QED) is 0.708. The third-order valence-electron chi connectivity index (χ3n) is 5.07. The zero-order valence-corrected chi connectivity index (χ0v) is 13.5. The first-order chi connectivity index (χ1) is 11.8. The van der Waals surface area contributed by atoms with E-state index in [1.807, 2.05) is 36.4 Å². The Kier molecular flexibility index (Phi) is 3.66. The highest BCUT2D eigenvalue weighted by Gasteiger charge is 2.36. The van der Waals surface area contributed by atoms with Crippen molar-refractivity contribution in [2.75, 3.05) is 18.0 Å². The number of aromatic nitrogens is 1. The number of piperidine rings is 1. The molecule has 0 saturated carbocycles. The number of nitrogens with zero attached hydrogens (tertiary/aromatic N) is 3. The molecule has 1 aromatic heterocycles.